The molecule has 0 radical (unpaired) electrons. The fourth-order valence-electron chi connectivity index (χ4n) is 2.57. The molecule has 2 heteroatoms. The second-order valence-corrected chi connectivity index (χ2v) is 6.69. The summed E-state index contributed by atoms with van der Waals surface area (Å²) in [5, 5.41) is 0. The van der Waals surface area contributed by atoms with Crippen molar-refractivity contribution in [2.24, 2.45) is 11.3 Å². The third-order valence-electron chi connectivity index (χ3n) is 3.88. The van der Waals surface area contributed by atoms with Crippen molar-refractivity contribution in [1.82, 2.24) is 9.97 Å². The Balaban J connectivity index is 2.00. The van der Waals surface area contributed by atoms with Crippen LogP contribution in [0.1, 0.15) is 64.2 Å². The van der Waals surface area contributed by atoms with Crippen molar-refractivity contribution in [2.75, 3.05) is 0 Å². The fourth-order valence-corrected chi connectivity index (χ4v) is 2.57. The van der Waals surface area contributed by atoms with Crippen LogP contribution in [0.15, 0.2) is 0 Å². The molecule has 1 unspecified atom stereocenters. The average Bonchev–Trinajstić information content (AvgIpc) is 2.66. The van der Waals surface area contributed by atoms with E-state index in [9.17, 15) is 0 Å². The minimum Gasteiger partial charge on any atom is -0.346 e. The lowest BCUT2D eigenvalue weighted by atomic mass is 9.88. The van der Waals surface area contributed by atoms with Crippen LogP contribution in [-0.2, 0) is 19.3 Å². The molecule has 0 amide bonds. The number of nitrogens with zero attached hydrogens (tertiary/aromatic N) is 1. The number of aryl methyl sites for hydroxylation is 2. The van der Waals surface area contributed by atoms with Crippen molar-refractivity contribution in [3.05, 3.63) is 17.2 Å². The number of hydrogen-bond donors (Lipinski definition) is 1. The summed E-state index contributed by atoms with van der Waals surface area (Å²) >= 11 is 0. The Morgan fingerprint density at radius 2 is 2.12 bits per heavy atom. The molecular weight excluding hydrogens is 208 g/mol. The molecule has 1 aliphatic carbocycles. The molecule has 0 spiro atoms. The zero-order chi connectivity index (χ0) is 12.5. The van der Waals surface area contributed by atoms with Gasteiger partial charge in [0, 0.05) is 12.1 Å². The number of aromatic nitrogens is 2. The van der Waals surface area contributed by atoms with E-state index in [0.29, 0.717) is 5.41 Å². The van der Waals surface area contributed by atoms with Crippen molar-refractivity contribution in [3.63, 3.8) is 0 Å². The molecule has 1 aromatic rings. The maximum Gasteiger partial charge on any atom is 0.106 e. The van der Waals surface area contributed by atoms with Gasteiger partial charge in [0.1, 0.15) is 5.82 Å². The van der Waals surface area contributed by atoms with Crippen LogP contribution in [0.5, 0.6) is 0 Å². The van der Waals surface area contributed by atoms with Gasteiger partial charge in [-0.1, -0.05) is 34.1 Å². The SMILES string of the molecule is CCC1CCc2nc(CCC(C)(C)C)[nH]c2C1. The number of aromatic amines is 1. The molecule has 96 valence electrons. The molecule has 2 rings (SSSR count). The summed E-state index contributed by atoms with van der Waals surface area (Å²) in [5.74, 6) is 2.08. The Labute approximate surface area is 105 Å². The van der Waals surface area contributed by atoms with Crippen molar-refractivity contribution in [3.8, 4) is 0 Å². The second-order valence-electron chi connectivity index (χ2n) is 6.69. The lowest BCUT2D eigenvalue weighted by Gasteiger charge is -2.19. The molecule has 0 saturated carbocycles. The molecule has 0 aliphatic heterocycles. The zero-order valence-electron chi connectivity index (χ0n) is 11.8. The first-order valence-electron chi connectivity index (χ1n) is 7.04. The summed E-state index contributed by atoms with van der Waals surface area (Å²) in [7, 11) is 0. The molecule has 1 heterocycles. The van der Waals surface area contributed by atoms with Crippen LogP contribution in [0.4, 0.5) is 0 Å². The normalized spacial score (nSPS) is 20.4. The summed E-state index contributed by atoms with van der Waals surface area (Å²) < 4.78 is 0. The van der Waals surface area contributed by atoms with Gasteiger partial charge in [0.15, 0.2) is 0 Å². The van der Waals surface area contributed by atoms with Crippen molar-refractivity contribution < 1.29 is 0 Å². The van der Waals surface area contributed by atoms with Crippen molar-refractivity contribution in [1.29, 1.82) is 0 Å². The maximum absolute atomic E-state index is 4.77. The topological polar surface area (TPSA) is 28.7 Å². The Morgan fingerprint density at radius 3 is 2.76 bits per heavy atom. The predicted octanol–water partition coefficient (Wildman–Crippen LogP) is 3.90. The number of rotatable bonds is 3. The van der Waals surface area contributed by atoms with E-state index in [4.69, 9.17) is 4.98 Å². The largest absolute Gasteiger partial charge is 0.346 e. The molecule has 0 saturated heterocycles. The molecule has 0 fully saturated rings. The van der Waals surface area contributed by atoms with Crippen LogP contribution in [0.3, 0.4) is 0 Å². The fraction of sp³-hybridized carbons (Fsp3) is 0.800. The number of imidazole rings is 1. The first kappa shape index (κ1) is 12.7. The standard InChI is InChI=1S/C15H26N2/c1-5-11-6-7-12-13(10-11)17-14(16-12)8-9-15(2,3)4/h11H,5-10H2,1-4H3,(H,16,17). The van der Waals surface area contributed by atoms with E-state index >= 15 is 0 Å². The molecule has 2 nitrogen and oxygen atoms in total. The molecule has 1 aromatic heterocycles. The van der Waals surface area contributed by atoms with E-state index in [0.717, 1.165) is 12.3 Å². The summed E-state index contributed by atoms with van der Waals surface area (Å²) in [6.45, 7) is 9.18. The van der Waals surface area contributed by atoms with Gasteiger partial charge in [-0.15, -0.1) is 0 Å². The third-order valence-corrected chi connectivity index (χ3v) is 3.88. The first-order valence-corrected chi connectivity index (χ1v) is 7.04. The number of nitrogens with one attached hydrogen (secondary N) is 1. The van der Waals surface area contributed by atoms with Gasteiger partial charge in [-0.05, 0) is 37.0 Å². The molecule has 17 heavy (non-hydrogen) atoms. The summed E-state index contributed by atoms with van der Waals surface area (Å²) in [6.07, 6.45) is 7.32. The molecule has 0 bridgehead atoms. The predicted molar refractivity (Wildman–Crippen MR) is 72.2 cm³/mol. The van der Waals surface area contributed by atoms with Crippen LogP contribution < -0.4 is 0 Å². The quantitative estimate of drug-likeness (QED) is 0.844. The van der Waals surface area contributed by atoms with E-state index in [2.05, 4.69) is 32.7 Å². The van der Waals surface area contributed by atoms with Crippen LogP contribution in [0, 0.1) is 11.3 Å². The molecule has 1 aliphatic rings. The highest BCUT2D eigenvalue weighted by atomic mass is 14.9. The highest BCUT2D eigenvalue weighted by Crippen LogP contribution is 2.27. The van der Waals surface area contributed by atoms with Gasteiger partial charge in [-0.2, -0.15) is 0 Å². The Morgan fingerprint density at radius 1 is 1.35 bits per heavy atom. The monoisotopic (exact) mass is 234 g/mol. The van der Waals surface area contributed by atoms with Gasteiger partial charge >= 0.3 is 0 Å². The van der Waals surface area contributed by atoms with Gasteiger partial charge in [0.25, 0.3) is 0 Å². The molecular formula is C15H26N2. The summed E-state index contributed by atoms with van der Waals surface area (Å²) in [4.78, 5) is 8.33. The van der Waals surface area contributed by atoms with Crippen molar-refractivity contribution >= 4 is 0 Å². The number of hydrogen-bond acceptors (Lipinski definition) is 1. The van der Waals surface area contributed by atoms with E-state index in [1.54, 1.807) is 0 Å². The Kier molecular flexibility index (Phi) is 3.60. The van der Waals surface area contributed by atoms with E-state index in [1.165, 1.54) is 49.3 Å². The number of H-pyrrole nitrogens is 1. The van der Waals surface area contributed by atoms with Crippen LogP contribution in [0.2, 0.25) is 0 Å². The van der Waals surface area contributed by atoms with Crippen LogP contribution in [-0.4, -0.2) is 9.97 Å². The minimum absolute atomic E-state index is 0.402. The second kappa shape index (κ2) is 4.83. The number of fused-ring (bicyclic) bond motifs is 1. The first-order chi connectivity index (χ1) is 7.98. The molecule has 0 aromatic carbocycles. The van der Waals surface area contributed by atoms with Gasteiger partial charge in [-0.3, -0.25) is 0 Å². The summed E-state index contributed by atoms with van der Waals surface area (Å²) in [5.41, 5.74) is 3.17. The highest BCUT2D eigenvalue weighted by Gasteiger charge is 2.21. The lowest BCUT2D eigenvalue weighted by Crippen LogP contribution is -2.12. The van der Waals surface area contributed by atoms with E-state index in [1.807, 2.05) is 0 Å². The molecule has 1 N–H and O–H groups in total. The summed E-state index contributed by atoms with van der Waals surface area (Å²) in [6, 6.07) is 0. The van der Waals surface area contributed by atoms with E-state index < -0.39 is 0 Å². The van der Waals surface area contributed by atoms with Gasteiger partial charge in [0.05, 0.1) is 5.69 Å². The van der Waals surface area contributed by atoms with Crippen LogP contribution >= 0.6 is 0 Å². The van der Waals surface area contributed by atoms with Gasteiger partial charge in [-0.25, -0.2) is 4.98 Å². The van der Waals surface area contributed by atoms with E-state index in [-0.39, 0.29) is 0 Å². The Hall–Kier alpha value is -0.790. The maximum atomic E-state index is 4.77. The third kappa shape index (κ3) is 3.34. The van der Waals surface area contributed by atoms with Crippen LogP contribution in [0.25, 0.3) is 0 Å². The smallest absolute Gasteiger partial charge is 0.106 e. The van der Waals surface area contributed by atoms with Gasteiger partial charge in [0.2, 0.25) is 0 Å². The van der Waals surface area contributed by atoms with Crippen molar-refractivity contribution in [2.45, 2.75) is 66.2 Å². The Bertz CT molecular complexity index is 371. The average molecular weight is 234 g/mol. The zero-order valence-corrected chi connectivity index (χ0v) is 11.8. The lowest BCUT2D eigenvalue weighted by molar-refractivity contribution is 0.375. The molecule has 1 atom stereocenters. The minimum atomic E-state index is 0.402. The highest BCUT2D eigenvalue weighted by molar-refractivity contribution is 5.18. The van der Waals surface area contributed by atoms with Gasteiger partial charge < -0.3 is 4.98 Å².